The first-order chi connectivity index (χ1) is 11.0. The van der Waals surface area contributed by atoms with Crippen molar-refractivity contribution in [2.45, 2.75) is 71.0 Å². The standard InChI is InChI=1S/C19H26O5/c1-10(2)11-9-12-13(15(21)14(11)20)18(5)8-6-7-17(3,4)19(18,23)24-16(12)22/h9-10,20-21,23H,6-8H2,1-5H3. The number of carbonyl (C=O) groups excluding carboxylic acids is 1. The van der Waals surface area contributed by atoms with Gasteiger partial charge in [0.05, 0.1) is 11.0 Å². The summed E-state index contributed by atoms with van der Waals surface area (Å²) in [6.07, 6.45) is 2.09. The van der Waals surface area contributed by atoms with Gasteiger partial charge in [-0.25, -0.2) is 4.79 Å². The van der Waals surface area contributed by atoms with Crippen molar-refractivity contribution in [3.8, 4) is 11.5 Å². The lowest BCUT2D eigenvalue weighted by Crippen LogP contribution is -2.66. The van der Waals surface area contributed by atoms with E-state index in [4.69, 9.17) is 4.74 Å². The van der Waals surface area contributed by atoms with Crippen LogP contribution in [0.3, 0.4) is 0 Å². The number of aliphatic hydroxyl groups is 1. The average molecular weight is 334 g/mol. The molecule has 0 spiro atoms. The molecule has 1 aromatic rings. The Morgan fingerprint density at radius 2 is 1.75 bits per heavy atom. The molecule has 3 N–H and O–H groups in total. The van der Waals surface area contributed by atoms with E-state index < -0.39 is 22.6 Å². The molecule has 132 valence electrons. The van der Waals surface area contributed by atoms with Gasteiger partial charge in [-0.05, 0) is 31.7 Å². The highest BCUT2D eigenvalue weighted by molar-refractivity contribution is 5.95. The second kappa shape index (κ2) is 4.88. The Bertz CT molecular complexity index is 721. The lowest BCUT2D eigenvalue weighted by Gasteiger charge is -2.58. The summed E-state index contributed by atoms with van der Waals surface area (Å²) >= 11 is 0. The fraction of sp³-hybridized carbons (Fsp3) is 0.632. The molecule has 0 saturated heterocycles. The van der Waals surface area contributed by atoms with Gasteiger partial charge >= 0.3 is 5.97 Å². The third kappa shape index (κ3) is 1.88. The Balaban J connectivity index is 2.35. The van der Waals surface area contributed by atoms with Gasteiger partial charge in [0.15, 0.2) is 11.5 Å². The van der Waals surface area contributed by atoms with Crippen molar-refractivity contribution >= 4 is 5.97 Å². The lowest BCUT2D eigenvalue weighted by molar-refractivity contribution is -0.292. The van der Waals surface area contributed by atoms with Gasteiger partial charge in [0.1, 0.15) is 0 Å². The van der Waals surface area contributed by atoms with Gasteiger partial charge in [0, 0.05) is 16.5 Å². The highest BCUT2D eigenvalue weighted by Gasteiger charge is 2.66. The van der Waals surface area contributed by atoms with E-state index in [9.17, 15) is 20.1 Å². The molecule has 0 amide bonds. The number of hydrogen-bond acceptors (Lipinski definition) is 5. The number of phenols is 2. The Morgan fingerprint density at radius 1 is 1.12 bits per heavy atom. The van der Waals surface area contributed by atoms with Crippen LogP contribution in [0.2, 0.25) is 0 Å². The van der Waals surface area contributed by atoms with Crippen LogP contribution in [0.1, 0.15) is 81.3 Å². The Hall–Kier alpha value is -1.75. The number of aromatic hydroxyl groups is 2. The summed E-state index contributed by atoms with van der Waals surface area (Å²) in [4.78, 5) is 12.6. The van der Waals surface area contributed by atoms with E-state index in [1.807, 2.05) is 27.7 Å². The fourth-order valence-electron chi connectivity index (χ4n) is 4.54. The minimum Gasteiger partial charge on any atom is -0.504 e. The van der Waals surface area contributed by atoms with E-state index in [1.54, 1.807) is 13.0 Å². The summed E-state index contributed by atoms with van der Waals surface area (Å²) in [5.74, 6) is -2.98. The third-order valence-electron chi connectivity index (χ3n) is 6.08. The summed E-state index contributed by atoms with van der Waals surface area (Å²) in [6, 6.07) is 1.59. The van der Waals surface area contributed by atoms with Gasteiger partial charge in [-0.2, -0.15) is 0 Å². The van der Waals surface area contributed by atoms with E-state index in [1.165, 1.54) is 0 Å². The third-order valence-corrected chi connectivity index (χ3v) is 6.08. The van der Waals surface area contributed by atoms with Crippen LogP contribution >= 0.6 is 0 Å². The minimum atomic E-state index is -1.73. The molecule has 24 heavy (non-hydrogen) atoms. The molecular weight excluding hydrogens is 308 g/mol. The second-order valence-electron chi connectivity index (χ2n) is 8.34. The Labute approximate surface area is 142 Å². The average Bonchev–Trinajstić information content (AvgIpc) is 2.45. The maximum absolute atomic E-state index is 12.6. The van der Waals surface area contributed by atoms with Crippen LogP contribution < -0.4 is 0 Å². The molecular formula is C19H26O5. The number of hydrogen-bond donors (Lipinski definition) is 3. The molecule has 1 saturated carbocycles. The van der Waals surface area contributed by atoms with Crippen LogP contribution in [-0.2, 0) is 10.2 Å². The smallest absolute Gasteiger partial charge is 0.341 e. The normalized spacial score (nSPS) is 31.4. The molecule has 0 radical (unpaired) electrons. The summed E-state index contributed by atoms with van der Waals surface area (Å²) in [7, 11) is 0. The molecule has 2 unspecified atom stereocenters. The van der Waals surface area contributed by atoms with Crippen molar-refractivity contribution in [3.05, 3.63) is 22.8 Å². The van der Waals surface area contributed by atoms with E-state index in [0.29, 0.717) is 24.0 Å². The number of fused-ring (bicyclic) bond motifs is 3. The largest absolute Gasteiger partial charge is 0.504 e. The summed E-state index contributed by atoms with van der Waals surface area (Å²) in [5.41, 5.74) is -0.608. The van der Waals surface area contributed by atoms with Gasteiger partial charge in [-0.15, -0.1) is 0 Å². The molecule has 1 heterocycles. The summed E-state index contributed by atoms with van der Waals surface area (Å²) in [6.45, 7) is 9.27. The molecule has 2 aliphatic rings. The molecule has 5 heteroatoms. The zero-order valence-corrected chi connectivity index (χ0v) is 14.9. The predicted octanol–water partition coefficient (Wildman–Crippen LogP) is 3.55. The molecule has 0 bridgehead atoms. The number of benzene rings is 1. The molecule has 0 aromatic heterocycles. The van der Waals surface area contributed by atoms with Gasteiger partial charge in [-0.1, -0.05) is 34.1 Å². The molecule has 2 atom stereocenters. The SMILES string of the molecule is CC(C)c1cc2c(c(O)c1O)C1(C)CCCC(C)(C)C1(O)OC2=O. The first-order valence-electron chi connectivity index (χ1n) is 8.51. The Morgan fingerprint density at radius 3 is 2.33 bits per heavy atom. The van der Waals surface area contributed by atoms with Crippen LogP contribution in [0.15, 0.2) is 6.07 Å². The van der Waals surface area contributed by atoms with Crippen molar-refractivity contribution in [2.75, 3.05) is 0 Å². The van der Waals surface area contributed by atoms with Crippen molar-refractivity contribution in [1.29, 1.82) is 0 Å². The van der Waals surface area contributed by atoms with Crippen LogP contribution in [0, 0.1) is 5.41 Å². The van der Waals surface area contributed by atoms with Crippen molar-refractivity contribution in [1.82, 2.24) is 0 Å². The van der Waals surface area contributed by atoms with Gasteiger partial charge in [0.25, 0.3) is 0 Å². The number of ether oxygens (including phenoxy) is 1. The first-order valence-corrected chi connectivity index (χ1v) is 8.51. The monoisotopic (exact) mass is 334 g/mol. The van der Waals surface area contributed by atoms with E-state index in [-0.39, 0.29) is 23.0 Å². The maximum Gasteiger partial charge on any atom is 0.341 e. The van der Waals surface area contributed by atoms with E-state index >= 15 is 0 Å². The fourth-order valence-corrected chi connectivity index (χ4v) is 4.54. The number of carbonyl (C=O) groups is 1. The lowest BCUT2D eigenvalue weighted by atomic mass is 9.55. The van der Waals surface area contributed by atoms with Crippen molar-refractivity contribution in [3.63, 3.8) is 0 Å². The van der Waals surface area contributed by atoms with Crippen molar-refractivity contribution in [2.24, 2.45) is 5.41 Å². The summed E-state index contributed by atoms with van der Waals surface area (Å²) < 4.78 is 5.58. The van der Waals surface area contributed by atoms with E-state index in [2.05, 4.69) is 0 Å². The minimum absolute atomic E-state index is 0.0644. The molecule has 3 rings (SSSR count). The number of esters is 1. The van der Waals surface area contributed by atoms with Gasteiger partial charge < -0.3 is 20.1 Å². The van der Waals surface area contributed by atoms with Crippen LogP contribution in [0.5, 0.6) is 11.5 Å². The van der Waals surface area contributed by atoms with Crippen LogP contribution in [0.4, 0.5) is 0 Å². The van der Waals surface area contributed by atoms with Gasteiger partial charge in [0.2, 0.25) is 5.79 Å². The highest BCUT2D eigenvalue weighted by Crippen LogP contribution is 2.61. The highest BCUT2D eigenvalue weighted by atomic mass is 16.7. The molecule has 1 aromatic carbocycles. The quantitative estimate of drug-likeness (QED) is 0.540. The second-order valence-corrected chi connectivity index (χ2v) is 8.34. The zero-order chi connectivity index (χ0) is 18.1. The molecule has 5 nitrogen and oxygen atoms in total. The van der Waals surface area contributed by atoms with Crippen LogP contribution in [-0.4, -0.2) is 27.1 Å². The Kier molecular flexibility index (Phi) is 3.48. The number of phenolic OH excluding ortho intramolecular Hbond substituents is 2. The first kappa shape index (κ1) is 17.1. The molecule has 1 fully saturated rings. The number of rotatable bonds is 1. The maximum atomic E-state index is 12.6. The summed E-state index contributed by atoms with van der Waals surface area (Å²) in [5, 5.41) is 32.5. The van der Waals surface area contributed by atoms with Gasteiger partial charge in [-0.3, -0.25) is 0 Å². The topological polar surface area (TPSA) is 87.0 Å². The van der Waals surface area contributed by atoms with Crippen LogP contribution in [0.25, 0.3) is 0 Å². The predicted molar refractivity (Wildman–Crippen MR) is 89.2 cm³/mol. The van der Waals surface area contributed by atoms with Crippen molar-refractivity contribution < 1.29 is 24.9 Å². The van der Waals surface area contributed by atoms with E-state index in [0.717, 1.165) is 6.42 Å². The molecule has 1 aliphatic carbocycles. The molecule has 1 aliphatic heterocycles. The zero-order valence-electron chi connectivity index (χ0n) is 14.9.